The number of methoxy groups -OCH3 is 3. The molecule has 4 heteroatoms. The maximum absolute atomic E-state index is 10.5. The lowest BCUT2D eigenvalue weighted by Gasteiger charge is -2.15. The van der Waals surface area contributed by atoms with Crippen molar-refractivity contribution in [3.63, 3.8) is 0 Å². The van der Waals surface area contributed by atoms with Crippen LogP contribution in [0.3, 0.4) is 0 Å². The highest BCUT2D eigenvalue weighted by atomic mass is 16.5. The van der Waals surface area contributed by atoms with Crippen LogP contribution < -0.4 is 14.2 Å². The molecule has 0 heterocycles. The van der Waals surface area contributed by atoms with Crippen LogP contribution in [-0.2, 0) is 0 Å². The number of benzene rings is 2. The van der Waals surface area contributed by atoms with E-state index in [0.717, 1.165) is 5.56 Å². The molecule has 0 amide bonds. The van der Waals surface area contributed by atoms with Crippen molar-refractivity contribution in [3.05, 3.63) is 53.6 Å². The molecule has 0 saturated carbocycles. The summed E-state index contributed by atoms with van der Waals surface area (Å²) in [5.74, 6) is 1.99. The minimum Gasteiger partial charge on any atom is -0.497 e. The van der Waals surface area contributed by atoms with Gasteiger partial charge in [-0.25, -0.2) is 0 Å². The van der Waals surface area contributed by atoms with Gasteiger partial charge >= 0.3 is 0 Å². The average Bonchev–Trinajstić information content (AvgIpc) is 2.53. The topological polar surface area (TPSA) is 47.9 Å². The standard InChI is InChI=1S/C16H18O4/c1-18-13-6-4-5-11(7-13)16(17)12-8-14(19-2)10-15(9-12)20-3/h4-10,16-17H,1-3H3/t16-/m0/s1. The molecule has 1 atom stereocenters. The third kappa shape index (κ3) is 3.03. The van der Waals surface area contributed by atoms with Crippen molar-refractivity contribution in [1.29, 1.82) is 0 Å². The van der Waals surface area contributed by atoms with Crippen molar-refractivity contribution in [2.75, 3.05) is 21.3 Å². The van der Waals surface area contributed by atoms with Gasteiger partial charge in [0.15, 0.2) is 0 Å². The smallest absolute Gasteiger partial charge is 0.122 e. The van der Waals surface area contributed by atoms with Crippen LogP contribution in [0.4, 0.5) is 0 Å². The lowest BCUT2D eigenvalue weighted by Crippen LogP contribution is -2.01. The first-order valence-corrected chi connectivity index (χ1v) is 6.23. The summed E-state index contributed by atoms with van der Waals surface area (Å²) in [5.41, 5.74) is 1.45. The van der Waals surface area contributed by atoms with E-state index in [9.17, 15) is 5.11 Å². The zero-order chi connectivity index (χ0) is 14.5. The molecule has 0 bridgehead atoms. The molecule has 2 aromatic rings. The first-order chi connectivity index (χ1) is 9.67. The van der Waals surface area contributed by atoms with E-state index in [-0.39, 0.29) is 0 Å². The normalized spacial score (nSPS) is 11.8. The zero-order valence-electron chi connectivity index (χ0n) is 11.8. The number of aliphatic hydroxyl groups is 1. The molecule has 0 aromatic heterocycles. The van der Waals surface area contributed by atoms with Gasteiger partial charge in [0.1, 0.15) is 23.4 Å². The van der Waals surface area contributed by atoms with E-state index in [1.54, 1.807) is 45.6 Å². The van der Waals surface area contributed by atoms with Gasteiger partial charge in [0.25, 0.3) is 0 Å². The summed E-state index contributed by atoms with van der Waals surface area (Å²) < 4.78 is 15.6. The third-order valence-corrected chi connectivity index (χ3v) is 3.10. The van der Waals surface area contributed by atoms with Crippen molar-refractivity contribution in [2.24, 2.45) is 0 Å². The summed E-state index contributed by atoms with van der Waals surface area (Å²) in [6.45, 7) is 0. The second-order valence-corrected chi connectivity index (χ2v) is 4.33. The van der Waals surface area contributed by atoms with Gasteiger partial charge in [-0.3, -0.25) is 0 Å². The Morgan fingerprint density at radius 1 is 0.750 bits per heavy atom. The summed E-state index contributed by atoms with van der Waals surface area (Å²) in [6.07, 6.45) is -0.769. The van der Waals surface area contributed by atoms with Crippen molar-refractivity contribution in [1.82, 2.24) is 0 Å². The quantitative estimate of drug-likeness (QED) is 0.910. The van der Waals surface area contributed by atoms with Crippen LogP contribution in [0.2, 0.25) is 0 Å². The molecule has 1 N–H and O–H groups in total. The van der Waals surface area contributed by atoms with Crippen molar-refractivity contribution in [3.8, 4) is 17.2 Å². The number of hydrogen-bond donors (Lipinski definition) is 1. The van der Waals surface area contributed by atoms with Gasteiger partial charge in [0, 0.05) is 6.07 Å². The SMILES string of the molecule is COc1cccc([C@H](O)c2cc(OC)cc(OC)c2)c1. The number of aliphatic hydroxyl groups excluding tert-OH is 1. The molecule has 0 fully saturated rings. The third-order valence-electron chi connectivity index (χ3n) is 3.10. The van der Waals surface area contributed by atoms with E-state index in [2.05, 4.69) is 0 Å². The van der Waals surface area contributed by atoms with E-state index >= 15 is 0 Å². The van der Waals surface area contributed by atoms with Gasteiger partial charge in [0.2, 0.25) is 0 Å². The zero-order valence-corrected chi connectivity index (χ0v) is 11.8. The molecule has 0 aliphatic heterocycles. The van der Waals surface area contributed by atoms with Crippen molar-refractivity contribution in [2.45, 2.75) is 6.10 Å². The minimum absolute atomic E-state index is 0.640. The largest absolute Gasteiger partial charge is 0.497 e. The van der Waals surface area contributed by atoms with E-state index < -0.39 is 6.10 Å². The molecule has 0 spiro atoms. The van der Waals surface area contributed by atoms with Crippen LogP contribution in [0.25, 0.3) is 0 Å². The molecule has 2 aromatic carbocycles. The maximum atomic E-state index is 10.5. The monoisotopic (exact) mass is 274 g/mol. The summed E-state index contributed by atoms with van der Waals surface area (Å²) in [6, 6.07) is 12.7. The summed E-state index contributed by atoms with van der Waals surface area (Å²) in [7, 11) is 4.76. The Bertz CT molecular complexity index is 558. The Morgan fingerprint density at radius 3 is 1.85 bits per heavy atom. The highest BCUT2D eigenvalue weighted by Crippen LogP contribution is 2.31. The molecule has 0 radical (unpaired) electrons. The number of ether oxygens (including phenoxy) is 3. The summed E-state index contributed by atoms with van der Waals surface area (Å²) in [4.78, 5) is 0. The maximum Gasteiger partial charge on any atom is 0.122 e. The molecule has 2 rings (SSSR count). The Hall–Kier alpha value is -2.20. The highest BCUT2D eigenvalue weighted by Gasteiger charge is 2.14. The van der Waals surface area contributed by atoms with E-state index in [4.69, 9.17) is 14.2 Å². The predicted octanol–water partition coefficient (Wildman–Crippen LogP) is 2.79. The first-order valence-electron chi connectivity index (χ1n) is 6.23. The molecule has 0 aliphatic carbocycles. The summed E-state index contributed by atoms with van der Waals surface area (Å²) >= 11 is 0. The lowest BCUT2D eigenvalue weighted by molar-refractivity contribution is 0.218. The fraction of sp³-hybridized carbons (Fsp3) is 0.250. The van der Waals surface area contributed by atoms with Crippen LogP contribution in [0.1, 0.15) is 17.2 Å². The average molecular weight is 274 g/mol. The molecular weight excluding hydrogens is 256 g/mol. The summed E-state index contributed by atoms with van der Waals surface area (Å²) in [5, 5.41) is 10.5. The number of rotatable bonds is 5. The van der Waals surface area contributed by atoms with Crippen LogP contribution in [0, 0.1) is 0 Å². The molecule has 4 nitrogen and oxygen atoms in total. The fourth-order valence-corrected chi connectivity index (χ4v) is 1.99. The molecule has 20 heavy (non-hydrogen) atoms. The minimum atomic E-state index is -0.769. The second-order valence-electron chi connectivity index (χ2n) is 4.33. The Morgan fingerprint density at radius 2 is 1.30 bits per heavy atom. The Labute approximate surface area is 118 Å². The van der Waals surface area contributed by atoms with Crippen LogP contribution in [0.15, 0.2) is 42.5 Å². The van der Waals surface area contributed by atoms with E-state index in [0.29, 0.717) is 22.8 Å². The van der Waals surface area contributed by atoms with Crippen molar-refractivity contribution < 1.29 is 19.3 Å². The molecule has 0 saturated heterocycles. The molecular formula is C16H18O4. The van der Waals surface area contributed by atoms with Gasteiger partial charge in [-0.05, 0) is 35.4 Å². The van der Waals surface area contributed by atoms with E-state index in [1.807, 2.05) is 18.2 Å². The van der Waals surface area contributed by atoms with Gasteiger partial charge in [-0.15, -0.1) is 0 Å². The molecule has 106 valence electrons. The van der Waals surface area contributed by atoms with E-state index in [1.165, 1.54) is 0 Å². The predicted molar refractivity (Wildman–Crippen MR) is 76.6 cm³/mol. The van der Waals surface area contributed by atoms with Gasteiger partial charge in [-0.2, -0.15) is 0 Å². The number of hydrogen-bond acceptors (Lipinski definition) is 4. The lowest BCUT2D eigenvalue weighted by atomic mass is 10.0. The Kier molecular flexibility index (Phi) is 4.48. The highest BCUT2D eigenvalue weighted by molar-refractivity contribution is 5.43. The fourth-order valence-electron chi connectivity index (χ4n) is 1.99. The Balaban J connectivity index is 2.38. The van der Waals surface area contributed by atoms with Gasteiger partial charge < -0.3 is 19.3 Å². The molecule has 0 unspecified atom stereocenters. The van der Waals surface area contributed by atoms with Crippen LogP contribution in [0.5, 0.6) is 17.2 Å². The van der Waals surface area contributed by atoms with Gasteiger partial charge in [-0.1, -0.05) is 12.1 Å². The van der Waals surface area contributed by atoms with Gasteiger partial charge in [0.05, 0.1) is 21.3 Å². The molecule has 0 aliphatic rings. The van der Waals surface area contributed by atoms with Crippen LogP contribution in [-0.4, -0.2) is 26.4 Å². The second kappa shape index (κ2) is 6.30. The first kappa shape index (κ1) is 14.2. The van der Waals surface area contributed by atoms with Crippen molar-refractivity contribution >= 4 is 0 Å². The van der Waals surface area contributed by atoms with Crippen LogP contribution >= 0.6 is 0 Å².